The van der Waals surface area contributed by atoms with Crippen LogP contribution in [0.2, 0.25) is 5.02 Å². The van der Waals surface area contributed by atoms with Gasteiger partial charge < -0.3 is 19.8 Å². The maximum absolute atomic E-state index is 12.0. The SMILES string of the molecule is C=CCC[C@](O)(c1cccc(Cl)c1-c1cccc(CC)c1)[C@H]1CN(C(=O)O)CCO1. The third-order valence-electron chi connectivity index (χ3n) is 5.70. The van der Waals surface area contributed by atoms with Gasteiger partial charge in [-0.1, -0.05) is 61.0 Å². The Morgan fingerprint density at radius 1 is 1.37 bits per heavy atom. The second kappa shape index (κ2) is 9.65. The molecule has 0 bridgehead atoms. The van der Waals surface area contributed by atoms with E-state index in [9.17, 15) is 15.0 Å². The maximum Gasteiger partial charge on any atom is 0.407 e. The van der Waals surface area contributed by atoms with Gasteiger partial charge in [-0.05, 0) is 42.0 Å². The molecule has 1 aliphatic heterocycles. The van der Waals surface area contributed by atoms with Crippen molar-refractivity contribution >= 4 is 17.7 Å². The molecule has 30 heavy (non-hydrogen) atoms. The van der Waals surface area contributed by atoms with Crippen LogP contribution in [0.25, 0.3) is 11.1 Å². The summed E-state index contributed by atoms with van der Waals surface area (Å²) in [5.41, 5.74) is 2.04. The zero-order valence-corrected chi connectivity index (χ0v) is 17.9. The van der Waals surface area contributed by atoms with Crippen LogP contribution in [0.4, 0.5) is 4.79 Å². The highest BCUT2D eigenvalue weighted by Gasteiger charge is 2.44. The van der Waals surface area contributed by atoms with Gasteiger partial charge in [0.05, 0.1) is 13.2 Å². The second-order valence-electron chi connectivity index (χ2n) is 7.56. The zero-order valence-electron chi connectivity index (χ0n) is 17.2. The molecule has 160 valence electrons. The predicted octanol–water partition coefficient (Wildman–Crippen LogP) is 5.10. The van der Waals surface area contributed by atoms with Gasteiger partial charge in [-0.3, -0.25) is 0 Å². The number of morpholine rings is 1. The fourth-order valence-corrected chi connectivity index (χ4v) is 4.31. The molecule has 0 saturated carbocycles. The Balaban J connectivity index is 2.13. The average molecular weight is 430 g/mol. The molecule has 2 aromatic carbocycles. The predicted molar refractivity (Wildman–Crippen MR) is 119 cm³/mol. The van der Waals surface area contributed by atoms with Crippen LogP contribution in [0.1, 0.15) is 30.9 Å². The molecule has 0 unspecified atom stereocenters. The van der Waals surface area contributed by atoms with Crippen molar-refractivity contribution in [3.05, 3.63) is 71.3 Å². The van der Waals surface area contributed by atoms with E-state index in [4.69, 9.17) is 16.3 Å². The molecule has 3 rings (SSSR count). The first-order chi connectivity index (χ1) is 14.4. The minimum Gasteiger partial charge on any atom is -0.465 e. The molecule has 0 spiro atoms. The van der Waals surface area contributed by atoms with Gasteiger partial charge >= 0.3 is 6.09 Å². The van der Waals surface area contributed by atoms with Crippen molar-refractivity contribution < 1.29 is 19.7 Å². The van der Waals surface area contributed by atoms with E-state index in [2.05, 4.69) is 25.6 Å². The smallest absolute Gasteiger partial charge is 0.407 e. The summed E-state index contributed by atoms with van der Waals surface area (Å²) in [5, 5.41) is 22.0. The largest absolute Gasteiger partial charge is 0.465 e. The van der Waals surface area contributed by atoms with Crippen LogP contribution < -0.4 is 0 Å². The van der Waals surface area contributed by atoms with Crippen molar-refractivity contribution in [2.75, 3.05) is 19.7 Å². The number of carbonyl (C=O) groups is 1. The highest BCUT2D eigenvalue weighted by Crippen LogP contribution is 2.42. The van der Waals surface area contributed by atoms with E-state index in [0.717, 1.165) is 17.5 Å². The Morgan fingerprint density at radius 3 is 2.83 bits per heavy atom. The van der Waals surface area contributed by atoms with Gasteiger partial charge in [0.2, 0.25) is 0 Å². The number of rotatable bonds is 7. The van der Waals surface area contributed by atoms with Crippen LogP contribution in [0, 0.1) is 0 Å². The normalized spacial score (nSPS) is 18.6. The lowest BCUT2D eigenvalue weighted by Gasteiger charge is -2.42. The number of allylic oxidation sites excluding steroid dienone is 1. The molecule has 2 atom stereocenters. The summed E-state index contributed by atoms with van der Waals surface area (Å²) < 4.78 is 5.92. The summed E-state index contributed by atoms with van der Waals surface area (Å²) in [5.74, 6) is 0. The van der Waals surface area contributed by atoms with Crippen LogP contribution >= 0.6 is 11.6 Å². The van der Waals surface area contributed by atoms with E-state index in [1.165, 1.54) is 10.5 Å². The molecular weight excluding hydrogens is 402 g/mol. The fourth-order valence-electron chi connectivity index (χ4n) is 4.03. The molecule has 0 radical (unpaired) electrons. The number of aliphatic hydroxyl groups is 1. The quantitative estimate of drug-likeness (QED) is 0.600. The number of halogens is 1. The first-order valence-electron chi connectivity index (χ1n) is 10.2. The van der Waals surface area contributed by atoms with E-state index in [-0.39, 0.29) is 19.7 Å². The number of aryl methyl sites for hydroxylation is 1. The number of amides is 1. The molecule has 5 nitrogen and oxygen atoms in total. The topological polar surface area (TPSA) is 70.0 Å². The molecule has 0 aromatic heterocycles. The van der Waals surface area contributed by atoms with Gasteiger partial charge in [0.1, 0.15) is 11.7 Å². The summed E-state index contributed by atoms with van der Waals surface area (Å²) in [6, 6.07) is 13.5. The summed E-state index contributed by atoms with van der Waals surface area (Å²) >= 11 is 6.64. The highest BCUT2D eigenvalue weighted by molar-refractivity contribution is 6.33. The number of carboxylic acid groups (broad SMARTS) is 1. The molecule has 1 saturated heterocycles. The lowest BCUT2D eigenvalue weighted by molar-refractivity contribution is -0.146. The van der Waals surface area contributed by atoms with Crippen LogP contribution in [0.15, 0.2) is 55.1 Å². The van der Waals surface area contributed by atoms with Crippen LogP contribution in [0.5, 0.6) is 0 Å². The van der Waals surface area contributed by atoms with E-state index in [0.29, 0.717) is 23.4 Å². The molecule has 0 aliphatic carbocycles. The number of benzene rings is 2. The van der Waals surface area contributed by atoms with Crippen molar-refractivity contribution in [3.8, 4) is 11.1 Å². The van der Waals surface area contributed by atoms with Gasteiger partial charge in [0.25, 0.3) is 0 Å². The molecule has 1 amide bonds. The molecule has 6 heteroatoms. The Hall–Kier alpha value is -2.34. The van der Waals surface area contributed by atoms with Gasteiger partial charge in [0.15, 0.2) is 0 Å². The second-order valence-corrected chi connectivity index (χ2v) is 7.96. The van der Waals surface area contributed by atoms with Crippen LogP contribution in [-0.4, -0.2) is 47.0 Å². The number of hydrogen-bond donors (Lipinski definition) is 2. The Kier molecular flexibility index (Phi) is 7.19. The third-order valence-corrected chi connectivity index (χ3v) is 6.02. The molecule has 1 heterocycles. The van der Waals surface area contributed by atoms with E-state index in [1.807, 2.05) is 24.3 Å². The van der Waals surface area contributed by atoms with Crippen LogP contribution in [-0.2, 0) is 16.8 Å². The summed E-state index contributed by atoms with van der Waals surface area (Å²) in [4.78, 5) is 12.8. The minimum atomic E-state index is -1.43. The molecule has 1 fully saturated rings. The molecule has 1 aliphatic rings. The van der Waals surface area contributed by atoms with Crippen molar-refractivity contribution in [2.45, 2.75) is 37.9 Å². The standard InChI is InChI=1S/C24H28ClNO4/c1-3-5-12-24(29,21-16-26(23(27)28)13-14-30-21)19-10-7-11-20(25)22(19)18-9-6-8-17(4-2)15-18/h3,6-11,15,21,29H,1,4-5,12-14,16H2,2H3,(H,27,28)/t21-,24+/m1/s1. The molecule has 2 N–H and O–H groups in total. The number of ether oxygens (including phenoxy) is 1. The summed E-state index contributed by atoms with van der Waals surface area (Å²) in [6.07, 6.45) is 1.78. The Bertz CT molecular complexity index is 916. The number of nitrogens with zero attached hydrogens (tertiary/aromatic N) is 1. The van der Waals surface area contributed by atoms with Crippen molar-refractivity contribution in [1.29, 1.82) is 0 Å². The molecule has 2 aromatic rings. The van der Waals surface area contributed by atoms with Gasteiger partial charge in [0, 0.05) is 17.1 Å². The Morgan fingerprint density at radius 2 is 2.13 bits per heavy atom. The van der Waals surface area contributed by atoms with Crippen molar-refractivity contribution in [1.82, 2.24) is 4.90 Å². The molecular formula is C24H28ClNO4. The maximum atomic E-state index is 12.0. The Labute approximate surface area is 182 Å². The van der Waals surface area contributed by atoms with Gasteiger partial charge in [-0.25, -0.2) is 4.79 Å². The monoisotopic (exact) mass is 429 g/mol. The highest BCUT2D eigenvalue weighted by atomic mass is 35.5. The van der Waals surface area contributed by atoms with Crippen LogP contribution in [0.3, 0.4) is 0 Å². The first-order valence-corrected chi connectivity index (χ1v) is 10.6. The van der Waals surface area contributed by atoms with E-state index in [1.54, 1.807) is 12.1 Å². The lowest BCUT2D eigenvalue weighted by atomic mass is 9.79. The summed E-state index contributed by atoms with van der Waals surface area (Å²) in [6.45, 7) is 6.47. The number of hydrogen-bond acceptors (Lipinski definition) is 3. The van der Waals surface area contributed by atoms with Gasteiger partial charge in [-0.15, -0.1) is 6.58 Å². The first kappa shape index (κ1) is 22.3. The fraction of sp³-hybridized carbons (Fsp3) is 0.375. The van der Waals surface area contributed by atoms with Gasteiger partial charge in [-0.2, -0.15) is 0 Å². The van der Waals surface area contributed by atoms with Crippen molar-refractivity contribution in [3.63, 3.8) is 0 Å². The van der Waals surface area contributed by atoms with E-state index < -0.39 is 17.8 Å². The minimum absolute atomic E-state index is 0.0872. The third kappa shape index (κ3) is 4.53. The zero-order chi connectivity index (χ0) is 21.7. The summed E-state index contributed by atoms with van der Waals surface area (Å²) in [7, 11) is 0. The van der Waals surface area contributed by atoms with Crippen molar-refractivity contribution in [2.24, 2.45) is 0 Å². The lowest BCUT2D eigenvalue weighted by Crippen LogP contribution is -2.54. The average Bonchev–Trinajstić information content (AvgIpc) is 2.77. The van der Waals surface area contributed by atoms with E-state index >= 15 is 0 Å².